The summed E-state index contributed by atoms with van der Waals surface area (Å²) < 4.78 is 1.07. The molecule has 5 heteroatoms. The van der Waals surface area contributed by atoms with Crippen LogP contribution in [0.4, 0.5) is 0 Å². The van der Waals surface area contributed by atoms with Gasteiger partial charge in [-0.25, -0.2) is 0 Å². The molecule has 0 fully saturated rings. The third-order valence-electron chi connectivity index (χ3n) is 4.07. The summed E-state index contributed by atoms with van der Waals surface area (Å²) in [6, 6.07) is 14.2. The van der Waals surface area contributed by atoms with Gasteiger partial charge in [0, 0.05) is 20.6 Å². The normalized spacial score (nSPS) is 16.5. The van der Waals surface area contributed by atoms with E-state index in [1.807, 2.05) is 31.2 Å². The molecule has 2 aliphatic rings. The Morgan fingerprint density at radius 1 is 1.00 bits per heavy atom. The summed E-state index contributed by atoms with van der Waals surface area (Å²) in [5, 5.41) is 4.24. The van der Waals surface area contributed by atoms with E-state index < -0.39 is 0 Å². The molecular weight excluding hydrogens is 376 g/mol. The molecule has 2 aromatic rings. The van der Waals surface area contributed by atoms with Crippen molar-refractivity contribution in [2.24, 2.45) is 0 Å². The summed E-state index contributed by atoms with van der Waals surface area (Å²) in [7, 11) is 0. The van der Waals surface area contributed by atoms with Crippen LogP contribution in [-0.4, -0.2) is 6.61 Å². The van der Waals surface area contributed by atoms with Gasteiger partial charge in [0.05, 0.1) is 17.1 Å². The lowest BCUT2D eigenvalue weighted by Crippen LogP contribution is -2.38. The molecule has 0 aromatic heterocycles. The highest BCUT2D eigenvalue weighted by atomic mass is 79.9. The van der Waals surface area contributed by atoms with Crippen LogP contribution in [0.15, 0.2) is 58.2 Å². The molecule has 0 aliphatic carbocycles. The fourth-order valence-electron chi connectivity index (χ4n) is 2.79. The van der Waals surface area contributed by atoms with E-state index in [0.29, 0.717) is 6.61 Å². The molecule has 4 rings (SSSR count). The van der Waals surface area contributed by atoms with Gasteiger partial charge < -0.3 is 5.32 Å². The van der Waals surface area contributed by atoms with E-state index in [-0.39, 0.29) is 0 Å². The van der Waals surface area contributed by atoms with Gasteiger partial charge in [-0.3, -0.25) is 10.3 Å². The van der Waals surface area contributed by atoms with Gasteiger partial charge in [0.2, 0.25) is 0 Å². The summed E-state index contributed by atoms with van der Waals surface area (Å²) in [4.78, 5) is 5.57. The molecule has 23 heavy (non-hydrogen) atoms. The molecule has 2 N–H and O–H groups in total. The lowest BCUT2D eigenvalue weighted by molar-refractivity contribution is 0.0891. The standard InChI is InChI=1S/C18H14BrClN2O/c1-10-8-12(4-7-15(10)20)17-18-14(9-23-22-17)16(21-18)11-2-5-13(19)6-3-11/h2-8,21-22H,9H2,1H3. The van der Waals surface area contributed by atoms with Gasteiger partial charge in [-0.1, -0.05) is 45.7 Å². The van der Waals surface area contributed by atoms with E-state index in [0.717, 1.165) is 43.3 Å². The third kappa shape index (κ3) is 2.57. The number of hydrogen-bond acceptors (Lipinski definition) is 3. The molecule has 0 saturated heterocycles. The first-order valence-corrected chi connectivity index (χ1v) is 8.45. The van der Waals surface area contributed by atoms with E-state index in [9.17, 15) is 0 Å². The number of rotatable bonds is 2. The highest BCUT2D eigenvalue weighted by Gasteiger charge is 2.31. The lowest BCUT2D eigenvalue weighted by Gasteiger charge is -2.35. The minimum Gasteiger partial charge on any atom is -0.353 e. The quantitative estimate of drug-likeness (QED) is 0.786. The maximum absolute atomic E-state index is 6.12. The first kappa shape index (κ1) is 14.8. The Labute approximate surface area is 148 Å². The highest BCUT2D eigenvalue weighted by Crippen LogP contribution is 2.37. The fourth-order valence-corrected chi connectivity index (χ4v) is 3.18. The Morgan fingerprint density at radius 2 is 1.74 bits per heavy atom. The SMILES string of the molecule is Cc1cc(C2=C3NC(c4ccc(Br)cc4)=C3CON2)ccc1Cl. The van der Waals surface area contributed by atoms with Crippen LogP contribution in [0.25, 0.3) is 11.4 Å². The monoisotopic (exact) mass is 388 g/mol. The molecule has 2 aromatic carbocycles. The van der Waals surface area contributed by atoms with Gasteiger partial charge in [0.1, 0.15) is 6.61 Å². The molecule has 0 atom stereocenters. The summed E-state index contributed by atoms with van der Waals surface area (Å²) in [6.45, 7) is 2.54. The highest BCUT2D eigenvalue weighted by molar-refractivity contribution is 9.10. The van der Waals surface area contributed by atoms with E-state index in [4.69, 9.17) is 16.4 Å². The Kier molecular flexibility index (Phi) is 3.68. The minimum absolute atomic E-state index is 0.545. The predicted molar refractivity (Wildman–Crippen MR) is 96.4 cm³/mol. The number of hydroxylamine groups is 1. The Hall–Kier alpha value is -1.75. The van der Waals surface area contributed by atoms with E-state index in [1.54, 1.807) is 0 Å². The molecule has 0 amide bonds. The van der Waals surface area contributed by atoms with Crippen molar-refractivity contribution in [3.63, 3.8) is 0 Å². The predicted octanol–water partition coefficient (Wildman–Crippen LogP) is 4.63. The van der Waals surface area contributed by atoms with Crippen LogP contribution in [-0.2, 0) is 4.84 Å². The number of aryl methyl sites for hydroxylation is 1. The second kappa shape index (κ2) is 5.71. The van der Waals surface area contributed by atoms with Crippen molar-refractivity contribution < 1.29 is 4.84 Å². The van der Waals surface area contributed by atoms with E-state index in [2.05, 4.69) is 44.9 Å². The molecule has 3 nitrogen and oxygen atoms in total. The van der Waals surface area contributed by atoms with Crippen LogP contribution >= 0.6 is 27.5 Å². The van der Waals surface area contributed by atoms with E-state index >= 15 is 0 Å². The van der Waals surface area contributed by atoms with Crippen LogP contribution in [0.2, 0.25) is 5.02 Å². The number of benzene rings is 2. The zero-order chi connectivity index (χ0) is 16.0. The smallest absolute Gasteiger partial charge is 0.104 e. The Balaban J connectivity index is 1.76. The second-order valence-electron chi connectivity index (χ2n) is 5.59. The summed E-state index contributed by atoms with van der Waals surface area (Å²) >= 11 is 9.58. The maximum atomic E-state index is 6.12. The molecule has 0 unspecified atom stereocenters. The largest absolute Gasteiger partial charge is 0.353 e. The zero-order valence-electron chi connectivity index (χ0n) is 12.4. The van der Waals surface area contributed by atoms with Gasteiger partial charge in [-0.05, 0) is 42.3 Å². The molecule has 0 bridgehead atoms. The fraction of sp³-hybridized carbons (Fsp3) is 0.111. The van der Waals surface area contributed by atoms with Gasteiger partial charge in [0.15, 0.2) is 0 Å². The van der Waals surface area contributed by atoms with Crippen molar-refractivity contribution in [3.05, 3.63) is 79.9 Å². The van der Waals surface area contributed by atoms with Crippen molar-refractivity contribution in [2.75, 3.05) is 6.61 Å². The number of hydrogen-bond donors (Lipinski definition) is 2. The first-order chi connectivity index (χ1) is 11.1. The second-order valence-corrected chi connectivity index (χ2v) is 6.91. The third-order valence-corrected chi connectivity index (χ3v) is 5.03. The zero-order valence-corrected chi connectivity index (χ0v) is 14.8. The minimum atomic E-state index is 0.545. The molecule has 116 valence electrons. The average Bonchev–Trinajstić information content (AvgIpc) is 2.53. The number of halogens is 2. The summed E-state index contributed by atoms with van der Waals surface area (Å²) in [5.74, 6) is 0. The molecule has 0 saturated carbocycles. The lowest BCUT2D eigenvalue weighted by atomic mass is 9.93. The van der Waals surface area contributed by atoms with Crippen LogP contribution in [0.1, 0.15) is 16.7 Å². The van der Waals surface area contributed by atoms with Crippen LogP contribution < -0.4 is 10.8 Å². The maximum Gasteiger partial charge on any atom is 0.104 e. The molecular formula is C18H14BrClN2O. The Bertz CT molecular complexity index is 856. The summed E-state index contributed by atoms with van der Waals surface area (Å²) in [6.07, 6.45) is 0. The van der Waals surface area contributed by atoms with Crippen molar-refractivity contribution in [1.29, 1.82) is 0 Å². The first-order valence-electron chi connectivity index (χ1n) is 7.28. The van der Waals surface area contributed by atoms with Crippen molar-refractivity contribution in [1.82, 2.24) is 10.8 Å². The number of nitrogens with one attached hydrogen (secondary N) is 2. The topological polar surface area (TPSA) is 33.3 Å². The molecule has 2 aliphatic heterocycles. The van der Waals surface area contributed by atoms with Crippen LogP contribution in [0, 0.1) is 6.92 Å². The van der Waals surface area contributed by atoms with Crippen molar-refractivity contribution >= 4 is 38.9 Å². The Morgan fingerprint density at radius 3 is 2.48 bits per heavy atom. The number of fused-ring (bicyclic) bond motifs is 1. The van der Waals surface area contributed by atoms with Gasteiger partial charge >= 0.3 is 0 Å². The summed E-state index contributed by atoms with van der Waals surface area (Å²) in [5.41, 5.74) is 10.6. The van der Waals surface area contributed by atoms with Crippen LogP contribution in [0.3, 0.4) is 0 Å². The van der Waals surface area contributed by atoms with Gasteiger partial charge in [0.25, 0.3) is 0 Å². The van der Waals surface area contributed by atoms with Crippen molar-refractivity contribution in [2.45, 2.75) is 6.92 Å². The molecule has 2 heterocycles. The van der Waals surface area contributed by atoms with Gasteiger partial charge in [-0.15, -0.1) is 0 Å². The molecule has 0 radical (unpaired) electrons. The average molecular weight is 390 g/mol. The van der Waals surface area contributed by atoms with E-state index in [1.165, 1.54) is 5.57 Å². The molecule has 0 spiro atoms. The van der Waals surface area contributed by atoms with Crippen molar-refractivity contribution in [3.8, 4) is 0 Å². The van der Waals surface area contributed by atoms with Crippen LogP contribution in [0.5, 0.6) is 0 Å². The van der Waals surface area contributed by atoms with Gasteiger partial charge in [-0.2, -0.15) is 0 Å².